The number of carbonyl (C=O) groups excluding carboxylic acids is 1. The Morgan fingerprint density at radius 2 is 1.88 bits per heavy atom. The van der Waals surface area contributed by atoms with Crippen molar-refractivity contribution in [3.8, 4) is 11.5 Å². The molecule has 0 unspecified atom stereocenters. The Bertz CT molecular complexity index is 892. The average Bonchev–Trinajstić information content (AvgIpc) is 2.56. The normalized spacial score (nSPS) is 11.3. The van der Waals surface area contributed by atoms with E-state index in [0.717, 1.165) is 0 Å². The van der Waals surface area contributed by atoms with Gasteiger partial charge in [0.05, 0.1) is 18.2 Å². The minimum atomic E-state index is -3.88. The van der Waals surface area contributed by atoms with Crippen molar-refractivity contribution < 1.29 is 23.1 Å². The molecule has 0 spiro atoms. The molecule has 25 heavy (non-hydrogen) atoms. The summed E-state index contributed by atoms with van der Waals surface area (Å²) < 4.78 is 29.3. The van der Waals surface area contributed by atoms with Crippen molar-refractivity contribution in [3.63, 3.8) is 0 Å². The minimum Gasteiger partial charge on any atom is -0.504 e. The molecule has 3 N–H and O–H groups in total. The van der Waals surface area contributed by atoms with Gasteiger partial charge in [0.15, 0.2) is 11.5 Å². The Hall–Kier alpha value is -3.07. The molecule has 0 bridgehead atoms. The molecule has 0 fully saturated rings. The number of ether oxygens (including phenoxy) is 1. The van der Waals surface area contributed by atoms with Gasteiger partial charge in [0, 0.05) is 18.2 Å². The number of carbonyl (C=O) groups is 1. The highest BCUT2D eigenvalue weighted by atomic mass is 32.2. The molecule has 0 saturated heterocycles. The van der Waals surface area contributed by atoms with E-state index in [4.69, 9.17) is 4.74 Å². The highest BCUT2D eigenvalue weighted by Crippen LogP contribution is 2.27. The summed E-state index contributed by atoms with van der Waals surface area (Å²) >= 11 is 0. The van der Waals surface area contributed by atoms with E-state index in [1.165, 1.54) is 44.5 Å². The molecule has 0 aliphatic rings. The number of nitrogens with zero attached hydrogens (tertiary/aromatic N) is 1. The number of phenolic OH excluding ortho intramolecular Hbond substituents is 1. The quantitative estimate of drug-likeness (QED) is 0.533. The molecule has 0 aromatic heterocycles. The number of hydrazone groups is 1. The van der Waals surface area contributed by atoms with Gasteiger partial charge in [-0.2, -0.15) is 13.5 Å². The van der Waals surface area contributed by atoms with Gasteiger partial charge in [0.2, 0.25) is 5.91 Å². The van der Waals surface area contributed by atoms with Crippen molar-refractivity contribution in [1.82, 2.24) is 4.83 Å². The summed E-state index contributed by atoms with van der Waals surface area (Å²) in [5.74, 6) is -0.149. The lowest BCUT2D eigenvalue weighted by Crippen LogP contribution is -2.18. The minimum absolute atomic E-state index is 0.0198. The molecule has 132 valence electrons. The van der Waals surface area contributed by atoms with Gasteiger partial charge in [-0.15, -0.1) is 0 Å². The van der Waals surface area contributed by atoms with E-state index in [-0.39, 0.29) is 22.3 Å². The maximum Gasteiger partial charge on any atom is 0.276 e. The van der Waals surface area contributed by atoms with Gasteiger partial charge in [0.25, 0.3) is 10.0 Å². The summed E-state index contributed by atoms with van der Waals surface area (Å²) in [5.41, 5.74) is 0.777. The molecule has 2 aromatic carbocycles. The van der Waals surface area contributed by atoms with E-state index in [2.05, 4.69) is 15.2 Å². The monoisotopic (exact) mass is 363 g/mol. The Morgan fingerprint density at radius 3 is 2.48 bits per heavy atom. The molecule has 2 aromatic rings. The number of sulfonamides is 1. The number of methoxy groups -OCH3 is 1. The number of rotatable bonds is 6. The van der Waals surface area contributed by atoms with Crippen molar-refractivity contribution in [2.75, 3.05) is 12.4 Å². The van der Waals surface area contributed by atoms with Crippen LogP contribution in [-0.4, -0.2) is 32.8 Å². The second kappa shape index (κ2) is 7.67. The van der Waals surface area contributed by atoms with E-state index in [9.17, 15) is 18.3 Å². The number of anilines is 1. The largest absolute Gasteiger partial charge is 0.504 e. The van der Waals surface area contributed by atoms with Gasteiger partial charge < -0.3 is 15.2 Å². The summed E-state index contributed by atoms with van der Waals surface area (Å²) in [6, 6.07) is 10.4. The first kappa shape index (κ1) is 18.3. The fourth-order valence-corrected chi connectivity index (χ4v) is 2.74. The van der Waals surface area contributed by atoms with Crippen LogP contribution >= 0.6 is 0 Å². The van der Waals surface area contributed by atoms with Crippen LogP contribution in [0.1, 0.15) is 12.5 Å². The molecular weight excluding hydrogens is 346 g/mol. The zero-order valence-corrected chi connectivity index (χ0v) is 14.4. The molecule has 0 aliphatic heterocycles. The van der Waals surface area contributed by atoms with Crippen molar-refractivity contribution >= 4 is 27.8 Å². The van der Waals surface area contributed by atoms with Gasteiger partial charge >= 0.3 is 0 Å². The van der Waals surface area contributed by atoms with Crippen LogP contribution in [0.15, 0.2) is 52.5 Å². The number of para-hydroxylation sites is 1. The molecule has 8 nitrogen and oxygen atoms in total. The number of nitrogens with one attached hydrogen (secondary N) is 2. The Balaban J connectivity index is 2.12. The van der Waals surface area contributed by atoms with Crippen molar-refractivity contribution in [3.05, 3.63) is 48.0 Å². The second-order valence-corrected chi connectivity index (χ2v) is 6.62. The zero-order chi connectivity index (χ0) is 18.4. The first-order chi connectivity index (χ1) is 11.8. The summed E-state index contributed by atoms with van der Waals surface area (Å²) in [6.45, 7) is 1.36. The number of benzene rings is 2. The number of amides is 1. The van der Waals surface area contributed by atoms with E-state index in [0.29, 0.717) is 11.3 Å². The lowest BCUT2D eigenvalue weighted by Gasteiger charge is -2.06. The molecule has 9 heteroatoms. The molecular formula is C16H17N3O5S. The zero-order valence-electron chi connectivity index (χ0n) is 13.6. The lowest BCUT2D eigenvalue weighted by molar-refractivity contribution is -0.114. The van der Waals surface area contributed by atoms with Gasteiger partial charge in [-0.05, 0) is 36.4 Å². The Morgan fingerprint density at radius 1 is 1.20 bits per heavy atom. The van der Waals surface area contributed by atoms with Crippen molar-refractivity contribution in [2.45, 2.75) is 11.8 Å². The third kappa shape index (κ3) is 4.70. The van der Waals surface area contributed by atoms with Crippen LogP contribution < -0.4 is 14.9 Å². The number of hydrogen-bond donors (Lipinski definition) is 3. The van der Waals surface area contributed by atoms with E-state index >= 15 is 0 Å². The number of aromatic hydroxyl groups is 1. The number of phenols is 1. The van der Waals surface area contributed by atoms with Gasteiger partial charge in [-0.3, -0.25) is 4.79 Å². The van der Waals surface area contributed by atoms with Crippen LogP contribution in [0.2, 0.25) is 0 Å². The predicted octanol–water partition coefficient (Wildman–Crippen LogP) is 1.67. The van der Waals surface area contributed by atoms with Crippen LogP contribution in [0, 0.1) is 0 Å². The molecule has 0 atom stereocenters. The summed E-state index contributed by atoms with van der Waals surface area (Å²) in [4.78, 5) is 13.0. The molecule has 2 rings (SSSR count). The maximum atomic E-state index is 12.2. The molecule has 0 radical (unpaired) electrons. The molecule has 0 heterocycles. The predicted molar refractivity (Wildman–Crippen MR) is 93.3 cm³/mol. The molecule has 0 saturated carbocycles. The lowest BCUT2D eigenvalue weighted by atomic mass is 10.2. The SMILES string of the molecule is COc1cccc(C=NNS(=O)(=O)c2ccc(NC(C)=O)cc2)c1O. The third-order valence-electron chi connectivity index (χ3n) is 3.11. The van der Waals surface area contributed by atoms with E-state index < -0.39 is 10.0 Å². The molecule has 1 amide bonds. The number of hydrogen-bond acceptors (Lipinski definition) is 6. The summed E-state index contributed by atoms with van der Waals surface area (Å²) in [5, 5.41) is 16.1. The van der Waals surface area contributed by atoms with Crippen LogP contribution in [0.5, 0.6) is 11.5 Å². The van der Waals surface area contributed by atoms with Crippen molar-refractivity contribution in [1.29, 1.82) is 0 Å². The van der Waals surface area contributed by atoms with Crippen LogP contribution in [0.4, 0.5) is 5.69 Å². The third-order valence-corrected chi connectivity index (χ3v) is 4.35. The smallest absolute Gasteiger partial charge is 0.276 e. The maximum absolute atomic E-state index is 12.2. The first-order valence-electron chi connectivity index (χ1n) is 7.12. The Kier molecular flexibility index (Phi) is 5.60. The second-order valence-electron chi connectivity index (χ2n) is 4.96. The highest BCUT2D eigenvalue weighted by molar-refractivity contribution is 7.89. The van der Waals surface area contributed by atoms with Crippen LogP contribution in [0.25, 0.3) is 0 Å². The van der Waals surface area contributed by atoms with E-state index in [1.807, 2.05) is 0 Å². The van der Waals surface area contributed by atoms with Gasteiger partial charge in [0.1, 0.15) is 0 Å². The first-order valence-corrected chi connectivity index (χ1v) is 8.60. The van der Waals surface area contributed by atoms with Gasteiger partial charge in [-0.25, -0.2) is 4.83 Å². The topological polar surface area (TPSA) is 117 Å². The highest BCUT2D eigenvalue weighted by Gasteiger charge is 2.13. The summed E-state index contributed by atoms with van der Waals surface area (Å²) in [6.07, 6.45) is 1.17. The summed E-state index contributed by atoms with van der Waals surface area (Å²) in [7, 11) is -2.47. The van der Waals surface area contributed by atoms with Gasteiger partial charge in [-0.1, -0.05) is 6.07 Å². The van der Waals surface area contributed by atoms with Crippen LogP contribution in [0.3, 0.4) is 0 Å². The fraction of sp³-hybridized carbons (Fsp3) is 0.125. The average molecular weight is 363 g/mol. The van der Waals surface area contributed by atoms with E-state index in [1.54, 1.807) is 18.2 Å². The standard InChI is InChI=1S/C16H17N3O5S/c1-11(20)18-13-6-8-14(9-7-13)25(22,23)19-17-10-12-4-3-5-15(24-2)16(12)21/h3-10,19,21H,1-2H3,(H,18,20). The fourth-order valence-electron chi connectivity index (χ4n) is 1.95. The van der Waals surface area contributed by atoms with Crippen LogP contribution in [-0.2, 0) is 14.8 Å². The molecule has 0 aliphatic carbocycles. The van der Waals surface area contributed by atoms with Crippen molar-refractivity contribution in [2.24, 2.45) is 5.10 Å². The Labute approximate surface area is 145 Å².